The summed E-state index contributed by atoms with van der Waals surface area (Å²) in [5.41, 5.74) is 0.783. The van der Waals surface area contributed by atoms with Gasteiger partial charge in [-0.15, -0.1) is 0 Å². The Hall–Kier alpha value is -1.89. The topological polar surface area (TPSA) is 17.1 Å². The van der Waals surface area contributed by atoms with Gasteiger partial charge in [0.2, 0.25) is 0 Å². The number of carbonyl (C=O) groups is 1. The molecule has 0 unspecified atom stereocenters. The van der Waals surface area contributed by atoms with Crippen LogP contribution in [-0.4, -0.2) is 21.2 Å². The molecule has 3 aromatic carbocycles. The van der Waals surface area contributed by atoms with Crippen molar-refractivity contribution < 1.29 is 4.79 Å². The maximum absolute atomic E-state index is 11.2. The van der Waals surface area contributed by atoms with Crippen LogP contribution in [0.4, 0.5) is 0 Å². The third-order valence-corrected chi connectivity index (χ3v) is 5.03. The summed E-state index contributed by atoms with van der Waals surface area (Å²) in [6, 6.07) is 22.6. The summed E-state index contributed by atoms with van der Waals surface area (Å²) in [6.07, 6.45) is 0.951. The van der Waals surface area contributed by atoms with E-state index in [4.69, 9.17) is 0 Å². The molecule has 19 heavy (non-hydrogen) atoms. The minimum atomic E-state index is 0.239. The molecule has 0 atom stereocenters. The van der Waals surface area contributed by atoms with Crippen molar-refractivity contribution in [1.82, 2.24) is 0 Å². The molecule has 0 aromatic heterocycles. The fraction of sp³-hybridized carbons (Fsp3) is 0. The van der Waals surface area contributed by atoms with Crippen LogP contribution in [0.25, 0.3) is 10.8 Å². The van der Waals surface area contributed by atoms with Gasteiger partial charge >= 0.3 is 118 Å². The number of hydrogen-bond acceptors (Lipinski definition) is 1. The quantitative estimate of drug-likeness (QED) is 0.536. The van der Waals surface area contributed by atoms with E-state index in [0.29, 0.717) is 0 Å². The number of rotatable bonds is 3. The van der Waals surface area contributed by atoms with Gasteiger partial charge in [0.25, 0.3) is 0 Å². The van der Waals surface area contributed by atoms with Crippen LogP contribution in [0.2, 0.25) is 0 Å². The molecule has 0 saturated carbocycles. The first-order valence-electron chi connectivity index (χ1n) is 6.08. The monoisotopic (exact) mass is 312 g/mol. The fourth-order valence-corrected chi connectivity index (χ4v) is 4.06. The van der Waals surface area contributed by atoms with Crippen LogP contribution in [0.15, 0.2) is 66.7 Å². The number of fused-ring (bicyclic) bond motifs is 1. The molecule has 0 radical (unpaired) electrons. The van der Waals surface area contributed by atoms with Gasteiger partial charge in [0.1, 0.15) is 0 Å². The predicted molar refractivity (Wildman–Crippen MR) is 80.8 cm³/mol. The zero-order valence-corrected chi connectivity index (χ0v) is 12.0. The van der Waals surface area contributed by atoms with Gasteiger partial charge in [0, 0.05) is 0 Å². The molecule has 0 bridgehead atoms. The Morgan fingerprint density at radius 3 is 2.32 bits per heavy atom. The third kappa shape index (κ3) is 2.60. The Morgan fingerprint density at radius 2 is 1.53 bits per heavy atom. The molecule has 0 spiro atoms. The number of carbonyl (C=O) groups excluding carboxylic acids is 1. The van der Waals surface area contributed by atoms with Crippen molar-refractivity contribution in [2.45, 2.75) is 0 Å². The minimum absolute atomic E-state index is 0.239. The molecule has 0 aliphatic carbocycles. The molecule has 1 nitrogen and oxygen atoms in total. The van der Waals surface area contributed by atoms with Crippen LogP contribution < -0.4 is 8.92 Å². The molecule has 0 aliphatic rings. The molecule has 2 heteroatoms. The summed E-state index contributed by atoms with van der Waals surface area (Å²) in [4.78, 5) is 11.2. The van der Waals surface area contributed by atoms with E-state index in [1.807, 2.05) is 30.3 Å². The molecule has 0 aliphatic heterocycles. The molecule has 0 saturated heterocycles. The zero-order chi connectivity index (χ0) is 13.1. The molecular weight excluding hydrogens is 299 g/mol. The van der Waals surface area contributed by atoms with E-state index in [1.54, 1.807) is 0 Å². The first-order valence-corrected chi connectivity index (χ1v) is 7.79. The Bertz CT molecular complexity index is 720. The number of benzene rings is 3. The fourth-order valence-electron chi connectivity index (χ4n) is 2.09. The maximum atomic E-state index is 11.2. The van der Waals surface area contributed by atoms with Gasteiger partial charge < -0.3 is 0 Å². The van der Waals surface area contributed by atoms with Crippen molar-refractivity contribution in [2.24, 2.45) is 0 Å². The SMILES string of the molecule is O=Cc1cc([Se]c2ccccc2)cc2ccccc12. The van der Waals surface area contributed by atoms with E-state index in [-0.39, 0.29) is 15.0 Å². The van der Waals surface area contributed by atoms with E-state index in [2.05, 4.69) is 36.4 Å². The third-order valence-electron chi connectivity index (χ3n) is 2.97. The molecule has 0 heterocycles. The van der Waals surface area contributed by atoms with Crippen LogP contribution in [0, 0.1) is 0 Å². The van der Waals surface area contributed by atoms with E-state index in [9.17, 15) is 4.79 Å². The Labute approximate surface area is 118 Å². The second-order valence-electron chi connectivity index (χ2n) is 4.27. The Kier molecular flexibility index (Phi) is 3.45. The van der Waals surface area contributed by atoms with E-state index < -0.39 is 0 Å². The van der Waals surface area contributed by atoms with Gasteiger partial charge in [0.05, 0.1) is 0 Å². The average molecular weight is 311 g/mol. The summed E-state index contributed by atoms with van der Waals surface area (Å²) in [5, 5.41) is 2.17. The first kappa shape index (κ1) is 12.2. The van der Waals surface area contributed by atoms with Crippen molar-refractivity contribution >= 4 is 40.9 Å². The molecular formula is C17H12OSe. The second kappa shape index (κ2) is 5.39. The normalized spacial score (nSPS) is 10.5. The van der Waals surface area contributed by atoms with E-state index in [1.165, 1.54) is 8.92 Å². The van der Waals surface area contributed by atoms with Crippen molar-refractivity contribution in [3.8, 4) is 0 Å². The summed E-state index contributed by atoms with van der Waals surface area (Å²) in [5.74, 6) is 0. The van der Waals surface area contributed by atoms with Gasteiger partial charge in [-0.3, -0.25) is 0 Å². The van der Waals surface area contributed by atoms with Gasteiger partial charge in [-0.05, 0) is 0 Å². The second-order valence-corrected chi connectivity index (χ2v) is 6.67. The van der Waals surface area contributed by atoms with Crippen LogP contribution in [-0.2, 0) is 0 Å². The number of aldehydes is 1. The van der Waals surface area contributed by atoms with Crippen molar-refractivity contribution in [1.29, 1.82) is 0 Å². The standard InChI is InChI=1S/C17H12OSe/c18-12-14-11-16(19-15-7-2-1-3-8-15)10-13-6-4-5-9-17(13)14/h1-12H. The van der Waals surface area contributed by atoms with Crippen molar-refractivity contribution in [3.63, 3.8) is 0 Å². The molecule has 92 valence electrons. The van der Waals surface area contributed by atoms with Gasteiger partial charge in [-0.25, -0.2) is 0 Å². The molecule has 3 rings (SSSR count). The van der Waals surface area contributed by atoms with Crippen LogP contribution >= 0.6 is 0 Å². The summed E-state index contributed by atoms with van der Waals surface area (Å²) < 4.78 is 2.56. The predicted octanol–water partition coefficient (Wildman–Crippen LogP) is 2.31. The van der Waals surface area contributed by atoms with Crippen LogP contribution in [0.3, 0.4) is 0 Å². The van der Waals surface area contributed by atoms with Crippen molar-refractivity contribution in [3.05, 3.63) is 72.3 Å². The average Bonchev–Trinajstić information content (AvgIpc) is 2.47. The van der Waals surface area contributed by atoms with Crippen LogP contribution in [0.5, 0.6) is 0 Å². The molecule has 0 N–H and O–H groups in total. The summed E-state index contributed by atoms with van der Waals surface area (Å²) in [6.45, 7) is 0. The van der Waals surface area contributed by atoms with Gasteiger partial charge in [0.15, 0.2) is 0 Å². The van der Waals surface area contributed by atoms with Crippen molar-refractivity contribution in [2.75, 3.05) is 0 Å². The van der Waals surface area contributed by atoms with Gasteiger partial charge in [-0.2, -0.15) is 0 Å². The van der Waals surface area contributed by atoms with Crippen LogP contribution in [0.1, 0.15) is 10.4 Å². The molecule has 0 amide bonds. The Balaban J connectivity index is 2.07. The molecule has 0 fully saturated rings. The number of hydrogen-bond donors (Lipinski definition) is 0. The van der Waals surface area contributed by atoms with Gasteiger partial charge in [-0.1, -0.05) is 0 Å². The first-order chi connectivity index (χ1) is 9.36. The van der Waals surface area contributed by atoms with E-state index in [0.717, 1.165) is 22.6 Å². The zero-order valence-electron chi connectivity index (χ0n) is 10.2. The molecule has 3 aromatic rings. The summed E-state index contributed by atoms with van der Waals surface area (Å²) >= 11 is 0.239. The summed E-state index contributed by atoms with van der Waals surface area (Å²) in [7, 11) is 0. The Morgan fingerprint density at radius 1 is 0.789 bits per heavy atom. The van der Waals surface area contributed by atoms with E-state index >= 15 is 0 Å².